The number of halogens is 1. The molecule has 0 atom stereocenters. The van der Waals surface area contributed by atoms with Gasteiger partial charge in [-0.15, -0.1) is 0 Å². The first-order valence-corrected chi connectivity index (χ1v) is 8.14. The Labute approximate surface area is 120 Å². The summed E-state index contributed by atoms with van der Waals surface area (Å²) < 4.78 is 27.4. The number of carbonyl (C=O) groups is 1. The van der Waals surface area contributed by atoms with Crippen molar-refractivity contribution in [2.75, 3.05) is 0 Å². The molecule has 1 aromatic carbocycles. The monoisotopic (exact) mass is 347 g/mol. The van der Waals surface area contributed by atoms with E-state index in [2.05, 4.69) is 20.7 Å². The largest absolute Gasteiger partial charge is 0.478 e. The summed E-state index contributed by atoms with van der Waals surface area (Å²) in [6.45, 7) is 1.63. The van der Waals surface area contributed by atoms with E-state index >= 15 is 0 Å². The highest BCUT2D eigenvalue weighted by molar-refractivity contribution is 9.10. The minimum absolute atomic E-state index is 0.0108. The van der Waals surface area contributed by atoms with E-state index in [1.807, 2.05) is 0 Å². The quantitative estimate of drug-likeness (QED) is 0.875. The summed E-state index contributed by atoms with van der Waals surface area (Å²) in [7, 11) is -3.66. The number of benzene rings is 1. The van der Waals surface area contributed by atoms with E-state index in [0.29, 0.717) is 10.0 Å². The Morgan fingerprint density at radius 2 is 2.05 bits per heavy atom. The van der Waals surface area contributed by atoms with E-state index in [4.69, 9.17) is 5.11 Å². The molecule has 0 amide bonds. The van der Waals surface area contributed by atoms with Gasteiger partial charge in [0.1, 0.15) is 0 Å². The Morgan fingerprint density at radius 1 is 1.42 bits per heavy atom. The third-order valence-corrected chi connectivity index (χ3v) is 5.61. The van der Waals surface area contributed by atoms with E-state index in [-0.39, 0.29) is 16.5 Å². The van der Waals surface area contributed by atoms with E-state index in [1.165, 1.54) is 12.1 Å². The first-order chi connectivity index (χ1) is 8.81. The maximum Gasteiger partial charge on any atom is 0.336 e. The van der Waals surface area contributed by atoms with Crippen molar-refractivity contribution in [2.24, 2.45) is 0 Å². The van der Waals surface area contributed by atoms with Crippen LogP contribution in [0.3, 0.4) is 0 Å². The molecule has 104 valence electrons. The lowest BCUT2D eigenvalue weighted by atomic mass is 9.94. The third kappa shape index (κ3) is 2.98. The van der Waals surface area contributed by atoms with Crippen LogP contribution in [0.15, 0.2) is 21.5 Å². The maximum absolute atomic E-state index is 12.1. The maximum atomic E-state index is 12.1. The molecule has 0 aromatic heterocycles. The number of nitrogens with one attached hydrogen (secondary N) is 1. The van der Waals surface area contributed by atoms with Crippen LogP contribution < -0.4 is 4.72 Å². The molecule has 1 aliphatic rings. The second-order valence-electron chi connectivity index (χ2n) is 4.63. The molecule has 19 heavy (non-hydrogen) atoms. The second kappa shape index (κ2) is 5.22. The van der Waals surface area contributed by atoms with Gasteiger partial charge in [-0.1, -0.05) is 22.4 Å². The Balaban J connectivity index is 2.41. The van der Waals surface area contributed by atoms with Gasteiger partial charge in [0.05, 0.1) is 10.5 Å². The number of aromatic carboxylic acids is 1. The molecule has 0 heterocycles. The van der Waals surface area contributed by atoms with Crippen molar-refractivity contribution in [1.29, 1.82) is 0 Å². The van der Waals surface area contributed by atoms with Crippen LogP contribution in [0.25, 0.3) is 0 Å². The van der Waals surface area contributed by atoms with Gasteiger partial charge in [0.2, 0.25) is 10.0 Å². The molecule has 0 unspecified atom stereocenters. The molecule has 0 aliphatic heterocycles. The lowest BCUT2D eigenvalue weighted by Crippen LogP contribution is -2.39. The molecule has 1 fully saturated rings. The predicted molar refractivity (Wildman–Crippen MR) is 73.8 cm³/mol. The molecular formula is C12H14BrNO4S. The van der Waals surface area contributed by atoms with Gasteiger partial charge in [0.25, 0.3) is 0 Å². The van der Waals surface area contributed by atoms with Crippen LogP contribution in [-0.4, -0.2) is 25.5 Å². The second-order valence-corrected chi connectivity index (χ2v) is 7.20. The fourth-order valence-corrected chi connectivity index (χ4v) is 3.81. The molecule has 0 radical (unpaired) electrons. The average Bonchev–Trinajstić information content (AvgIpc) is 2.26. The zero-order valence-corrected chi connectivity index (χ0v) is 12.7. The summed E-state index contributed by atoms with van der Waals surface area (Å²) in [5, 5.41) is 9.08. The zero-order chi connectivity index (χ0) is 14.2. The number of carboxylic acid groups (broad SMARTS) is 1. The zero-order valence-electron chi connectivity index (χ0n) is 10.3. The normalized spacial score (nSPS) is 16.1. The van der Waals surface area contributed by atoms with E-state index in [9.17, 15) is 13.2 Å². The van der Waals surface area contributed by atoms with Crippen molar-refractivity contribution in [3.63, 3.8) is 0 Å². The van der Waals surface area contributed by atoms with Crippen LogP contribution in [0.5, 0.6) is 0 Å². The van der Waals surface area contributed by atoms with Crippen LogP contribution in [0.2, 0.25) is 0 Å². The highest BCUT2D eigenvalue weighted by Gasteiger charge is 2.26. The average molecular weight is 348 g/mol. The highest BCUT2D eigenvalue weighted by atomic mass is 79.9. The summed E-state index contributed by atoms with van der Waals surface area (Å²) in [5.74, 6) is -1.14. The van der Waals surface area contributed by atoms with Crippen molar-refractivity contribution in [3.8, 4) is 0 Å². The summed E-state index contributed by atoms with van der Waals surface area (Å²) >= 11 is 3.20. The molecule has 2 N–H and O–H groups in total. The number of hydrogen-bond acceptors (Lipinski definition) is 3. The van der Waals surface area contributed by atoms with Crippen LogP contribution in [0, 0.1) is 6.92 Å². The predicted octanol–water partition coefficient (Wildman–Crippen LogP) is 2.29. The van der Waals surface area contributed by atoms with Crippen molar-refractivity contribution in [2.45, 2.75) is 37.1 Å². The summed E-state index contributed by atoms with van der Waals surface area (Å²) in [6, 6.07) is 2.60. The summed E-state index contributed by atoms with van der Waals surface area (Å²) in [4.78, 5) is 11.1. The Hall–Kier alpha value is -0.920. The van der Waals surface area contributed by atoms with Crippen LogP contribution in [0.4, 0.5) is 0 Å². The number of sulfonamides is 1. The molecule has 0 spiro atoms. The first-order valence-electron chi connectivity index (χ1n) is 5.87. The lowest BCUT2D eigenvalue weighted by Gasteiger charge is -2.26. The van der Waals surface area contributed by atoms with Crippen LogP contribution in [-0.2, 0) is 10.0 Å². The summed E-state index contributed by atoms with van der Waals surface area (Å²) in [5.41, 5.74) is 0.499. The minimum Gasteiger partial charge on any atom is -0.478 e. The van der Waals surface area contributed by atoms with Crippen LogP contribution >= 0.6 is 15.9 Å². The first kappa shape index (κ1) is 14.5. The van der Waals surface area contributed by atoms with Crippen molar-refractivity contribution in [1.82, 2.24) is 4.72 Å². The molecule has 1 saturated carbocycles. The molecule has 7 heteroatoms. The van der Waals surface area contributed by atoms with Gasteiger partial charge in [-0.2, -0.15) is 0 Å². The molecule has 2 rings (SSSR count). The summed E-state index contributed by atoms with van der Waals surface area (Å²) in [6.07, 6.45) is 2.68. The van der Waals surface area contributed by atoms with E-state index < -0.39 is 16.0 Å². The molecular weight excluding hydrogens is 334 g/mol. The smallest absolute Gasteiger partial charge is 0.336 e. The molecule has 1 aliphatic carbocycles. The molecule has 5 nitrogen and oxygen atoms in total. The van der Waals surface area contributed by atoms with Crippen molar-refractivity contribution >= 4 is 31.9 Å². The van der Waals surface area contributed by atoms with Gasteiger partial charge >= 0.3 is 5.97 Å². The van der Waals surface area contributed by atoms with Crippen molar-refractivity contribution < 1.29 is 18.3 Å². The van der Waals surface area contributed by atoms with Gasteiger partial charge < -0.3 is 5.11 Å². The fourth-order valence-electron chi connectivity index (χ4n) is 1.84. The molecule has 0 saturated heterocycles. The molecule has 1 aromatic rings. The lowest BCUT2D eigenvalue weighted by molar-refractivity contribution is 0.0695. The number of rotatable bonds is 4. The molecule has 0 bridgehead atoms. The minimum atomic E-state index is -3.66. The highest BCUT2D eigenvalue weighted by Crippen LogP contribution is 2.26. The Bertz CT molecular complexity index is 623. The van der Waals surface area contributed by atoms with Gasteiger partial charge in [0, 0.05) is 10.5 Å². The van der Waals surface area contributed by atoms with Gasteiger partial charge in [-0.25, -0.2) is 17.9 Å². The SMILES string of the molecule is Cc1c(Br)cc(S(=O)(=O)NC2CCC2)cc1C(=O)O. The fraction of sp³-hybridized carbons (Fsp3) is 0.417. The standard InChI is InChI=1S/C12H14BrNO4S/c1-7-10(12(15)16)5-9(6-11(7)13)19(17,18)14-8-3-2-4-8/h5-6,8,14H,2-4H2,1H3,(H,15,16). The van der Waals surface area contributed by atoms with Crippen LogP contribution in [0.1, 0.15) is 35.2 Å². The topological polar surface area (TPSA) is 83.5 Å². The third-order valence-electron chi connectivity index (χ3n) is 3.29. The van der Waals surface area contributed by atoms with Gasteiger partial charge in [0.15, 0.2) is 0 Å². The Morgan fingerprint density at radius 3 is 2.53 bits per heavy atom. The Kier molecular flexibility index (Phi) is 3.98. The van der Waals surface area contributed by atoms with Gasteiger partial charge in [-0.3, -0.25) is 0 Å². The number of hydrogen-bond donors (Lipinski definition) is 2. The van der Waals surface area contributed by atoms with Crippen molar-refractivity contribution in [3.05, 3.63) is 27.7 Å². The van der Waals surface area contributed by atoms with Gasteiger partial charge in [-0.05, 0) is 37.5 Å². The van der Waals surface area contributed by atoms with E-state index in [0.717, 1.165) is 19.3 Å². The number of carboxylic acids is 1. The van der Waals surface area contributed by atoms with E-state index in [1.54, 1.807) is 6.92 Å².